The van der Waals surface area contributed by atoms with E-state index in [1.165, 1.54) is 16.7 Å². The predicted octanol–water partition coefficient (Wildman–Crippen LogP) is 4.98. The minimum absolute atomic E-state index is 0.0628. The highest BCUT2D eigenvalue weighted by Gasteiger charge is 2.12. The van der Waals surface area contributed by atoms with Gasteiger partial charge in [0.15, 0.2) is 0 Å². The van der Waals surface area contributed by atoms with Gasteiger partial charge in [-0.1, -0.05) is 52.3 Å². The second-order valence-corrected chi connectivity index (χ2v) is 8.35. The molecule has 0 aliphatic carbocycles. The number of aliphatic hydroxyl groups is 1. The van der Waals surface area contributed by atoms with E-state index in [0.29, 0.717) is 5.56 Å². The summed E-state index contributed by atoms with van der Waals surface area (Å²) in [7, 11) is 0. The van der Waals surface area contributed by atoms with E-state index in [-0.39, 0.29) is 19.1 Å². The van der Waals surface area contributed by atoms with Gasteiger partial charge in [0.25, 0.3) is 5.91 Å². The molecule has 3 aromatic rings. The zero-order chi connectivity index (χ0) is 22.1. The molecule has 2 N–H and O–H groups in total. The van der Waals surface area contributed by atoms with Gasteiger partial charge in [-0.2, -0.15) is 0 Å². The summed E-state index contributed by atoms with van der Waals surface area (Å²) in [5.74, 6) is -0.168. The van der Waals surface area contributed by atoms with Gasteiger partial charge in [-0.05, 0) is 72.9 Å². The van der Waals surface area contributed by atoms with Crippen LogP contribution in [0.1, 0.15) is 34.0 Å². The summed E-state index contributed by atoms with van der Waals surface area (Å²) < 4.78 is 1.08. The Morgan fingerprint density at radius 2 is 1.71 bits per heavy atom. The highest BCUT2D eigenvalue weighted by atomic mass is 79.9. The third-order valence-corrected chi connectivity index (χ3v) is 5.82. The summed E-state index contributed by atoms with van der Waals surface area (Å²) in [6.45, 7) is 4.00. The molecule has 0 spiro atoms. The fraction of sp³-hybridized carbons (Fsp3) is 0.269. The minimum atomic E-state index is -0.168. The van der Waals surface area contributed by atoms with Gasteiger partial charge in [-0.25, -0.2) is 0 Å². The lowest BCUT2D eigenvalue weighted by atomic mass is 9.99. The Balaban J connectivity index is 1.73. The first-order valence-corrected chi connectivity index (χ1v) is 11.4. The predicted molar refractivity (Wildman–Crippen MR) is 131 cm³/mol. The van der Waals surface area contributed by atoms with Crippen LogP contribution in [0.3, 0.4) is 0 Å². The van der Waals surface area contributed by atoms with Crippen LogP contribution in [0.2, 0.25) is 0 Å². The van der Waals surface area contributed by atoms with Crippen LogP contribution in [-0.2, 0) is 19.4 Å². The number of hydrogen-bond acceptors (Lipinski definition) is 3. The summed E-state index contributed by atoms with van der Waals surface area (Å²) in [5.41, 5.74) is 5.68. The monoisotopic (exact) mass is 480 g/mol. The highest BCUT2D eigenvalue weighted by molar-refractivity contribution is 9.10. The third-order valence-electron chi connectivity index (χ3n) is 5.33. The van der Waals surface area contributed by atoms with Gasteiger partial charge < -0.3 is 15.3 Å². The van der Waals surface area contributed by atoms with Crippen LogP contribution in [0.4, 0.5) is 5.69 Å². The van der Waals surface area contributed by atoms with E-state index in [4.69, 9.17) is 5.11 Å². The Morgan fingerprint density at radius 3 is 2.39 bits per heavy atom. The zero-order valence-electron chi connectivity index (χ0n) is 17.9. The molecule has 0 aliphatic rings. The summed E-state index contributed by atoms with van der Waals surface area (Å²) >= 11 is 3.63. The Bertz CT molecular complexity index is 974. The maximum absolute atomic E-state index is 12.1. The number of anilines is 1. The Labute approximate surface area is 193 Å². The van der Waals surface area contributed by atoms with Gasteiger partial charge in [0.05, 0.1) is 6.61 Å². The van der Waals surface area contributed by atoms with E-state index in [9.17, 15) is 4.79 Å². The maximum atomic E-state index is 12.1. The molecule has 3 aromatic carbocycles. The SMILES string of the molecule is CCN(Cc1cc(Br)ccc1CCc1ccccc1)c1ccc(C(=O)NCCO)cc1. The van der Waals surface area contributed by atoms with Crippen LogP contribution in [0.15, 0.2) is 77.3 Å². The van der Waals surface area contributed by atoms with Crippen molar-refractivity contribution in [2.24, 2.45) is 0 Å². The molecular weight excluding hydrogens is 452 g/mol. The van der Waals surface area contributed by atoms with E-state index < -0.39 is 0 Å². The zero-order valence-corrected chi connectivity index (χ0v) is 19.4. The van der Waals surface area contributed by atoms with Crippen LogP contribution >= 0.6 is 15.9 Å². The summed E-state index contributed by atoms with van der Waals surface area (Å²) in [5, 5.41) is 11.6. The number of rotatable bonds is 10. The lowest BCUT2D eigenvalue weighted by Gasteiger charge is -2.25. The minimum Gasteiger partial charge on any atom is -0.395 e. The molecule has 0 radical (unpaired) electrons. The van der Waals surface area contributed by atoms with Crippen molar-refractivity contribution >= 4 is 27.5 Å². The fourth-order valence-corrected chi connectivity index (χ4v) is 4.00. The summed E-state index contributed by atoms with van der Waals surface area (Å²) in [6.07, 6.45) is 2.01. The molecular formula is C26H29BrN2O2. The van der Waals surface area contributed by atoms with Crippen LogP contribution in [0, 0.1) is 0 Å². The molecule has 0 heterocycles. The average molecular weight is 481 g/mol. The molecule has 0 bridgehead atoms. The molecule has 31 heavy (non-hydrogen) atoms. The largest absolute Gasteiger partial charge is 0.395 e. The van der Waals surface area contributed by atoms with Crippen molar-refractivity contribution in [1.29, 1.82) is 0 Å². The van der Waals surface area contributed by atoms with Crippen molar-refractivity contribution in [2.45, 2.75) is 26.3 Å². The van der Waals surface area contributed by atoms with Crippen molar-refractivity contribution in [2.75, 3.05) is 24.6 Å². The topological polar surface area (TPSA) is 52.6 Å². The number of nitrogens with one attached hydrogen (secondary N) is 1. The van der Waals surface area contributed by atoms with E-state index >= 15 is 0 Å². The molecule has 162 valence electrons. The molecule has 0 aromatic heterocycles. The van der Waals surface area contributed by atoms with Gasteiger partial charge in [0, 0.05) is 35.4 Å². The van der Waals surface area contributed by atoms with Crippen LogP contribution in [0.25, 0.3) is 0 Å². The van der Waals surface area contributed by atoms with Crippen molar-refractivity contribution in [3.8, 4) is 0 Å². The van der Waals surface area contributed by atoms with Gasteiger partial charge >= 0.3 is 0 Å². The number of amides is 1. The molecule has 3 rings (SSSR count). The molecule has 4 nitrogen and oxygen atoms in total. The number of aliphatic hydroxyl groups excluding tert-OH is 1. The van der Waals surface area contributed by atoms with Crippen LogP contribution < -0.4 is 10.2 Å². The highest BCUT2D eigenvalue weighted by Crippen LogP contribution is 2.24. The molecule has 1 amide bonds. The van der Waals surface area contributed by atoms with Gasteiger partial charge in [0.1, 0.15) is 0 Å². The summed E-state index contributed by atoms with van der Waals surface area (Å²) in [6, 6.07) is 24.8. The van der Waals surface area contributed by atoms with E-state index in [0.717, 1.165) is 36.1 Å². The van der Waals surface area contributed by atoms with Gasteiger partial charge in [0.2, 0.25) is 0 Å². The Hall–Kier alpha value is -2.63. The molecule has 0 unspecified atom stereocenters. The number of nitrogens with zero attached hydrogens (tertiary/aromatic N) is 1. The van der Waals surface area contributed by atoms with Crippen LogP contribution in [-0.4, -0.2) is 30.7 Å². The van der Waals surface area contributed by atoms with Crippen molar-refractivity contribution in [3.05, 3.63) is 99.5 Å². The van der Waals surface area contributed by atoms with E-state index in [2.05, 4.69) is 81.6 Å². The lowest BCUT2D eigenvalue weighted by Crippen LogP contribution is -2.26. The standard InChI is InChI=1S/C26H29BrN2O2/c1-2-29(25-14-11-22(12-15-25)26(31)28-16-17-30)19-23-18-24(27)13-10-21(23)9-8-20-6-4-3-5-7-20/h3-7,10-15,18,30H,2,8-9,16-17,19H2,1H3,(H,28,31). The van der Waals surface area contributed by atoms with Crippen molar-refractivity contribution in [3.63, 3.8) is 0 Å². The molecule has 0 atom stereocenters. The van der Waals surface area contributed by atoms with Gasteiger partial charge in [-0.15, -0.1) is 0 Å². The maximum Gasteiger partial charge on any atom is 0.251 e. The second-order valence-electron chi connectivity index (χ2n) is 7.44. The average Bonchev–Trinajstić information content (AvgIpc) is 2.81. The Morgan fingerprint density at radius 1 is 0.968 bits per heavy atom. The summed E-state index contributed by atoms with van der Waals surface area (Å²) in [4.78, 5) is 14.4. The number of hydrogen-bond donors (Lipinski definition) is 2. The first kappa shape index (κ1) is 23.0. The fourth-order valence-electron chi connectivity index (χ4n) is 3.60. The lowest BCUT2D eigenvalue weighted by molar-refractivity contribution is 0.0945. The number of aryl methyl sites for hydroxylation is 2. The number of halogens is 1. The number of carbonyl (C=O) groups is 1. The molecule has 0 saturated carbocycles. The van der Waals surface area contributed by atoms with Crippen molar-refractivity contribution < 1.29 is 9.90 Å². The van der Waals surface area contributed by atoms with Crippen LogP contribution in [0.5, 0.6) is 0 Å². The first-order valence-electron chi connectivity index (χ1n) is 10.7. The quantitative estimate of drug-likeness (QED) is 0.430. The second kappa shape index (κ2) is 11.7. The molecule has 0 fully saturated rings. The number of benzene rings is 3. The molecule has 0 saturated heterocycles. The Kier molecular flexibility index (Phi) is 8.68. The first-order chi connectivity index (χ1) is 15.1. The van der Waals surface area contributed by atoms with E-state index in [1.54, 1.807) is 0 Å². The third kappa shape index (κ3) is 6.68. The van der Waals surface area contributed by atoms with E-state index in [1.807, 2.05) is 24.3 Å². The van der Waals surface area contributed by atoms with Gasteiger partial charge in [-0.3, -0.25) is 4.79 Å². The number of carbonyl (C=O) groups excluding carboxylic acids is 1. The smallest absolute Gasteiger partial charge is 0.251 e. The molecule has 5 heteroatoms. The van der Waals surface area contributed by atoms with Crippen molar-refractivity contribution in [1.82, 2.24) is 5.32 Å². The molecule has 0 aliphatic heterocycles. The normalized spacial score (nSPS) is 10.7.